The summed E-state index contributed by atoms with van der Waals surface area (Å²) in [5.41, 5.74) is 1.04. The van der Waals surface area contributed by atoms with Crippen LogP contribution in [-0.4, -0.2) is 23.6 Å². The monoisotopic (exact) mass is 323 g/mol. The van der Waals surface area contributed by atoms with Crippen molar-refractivity contribution in [2.24, 2.45) is 0 Å². The first kappa shape index (κ1) is 16.0. The van der Waals surface area contributed by atoms with Gasteiger partial charge in [-0.15, -0.1) is 22.7 Å². The van der Waals surface area contributed by atoms with Crippen molar-refractivity contribution in [3.05, 3.63) is 38.5 Å². The van der Waals surface area contributed by atoms with E-state index in [4.69, 9.17) is 0 Å². The van der Waals surface area contributed by atoms with Gasteiger partial charge < -0.3 is 10.6 Å². The normalized spacial score (nSPS) is 13.7. The fourth-order valence-corrected chi connectivity index (χ4v) is 3.68. The summed E-state index contributed by atoms with van der Waals surface area (Å²) >= 11 is 3.36. The Kier molecular flexibility index (Phi) is 5.76. The summed E-state index contributed by atoms with van der Waals surface area (Å²) in [4.78, 5) is 17.6. The summed E-state index contributed by atoms with van der Waals surface area (Å²) < 4.78 is 0. The van der Waals surface area contributed by atoms with Crippen molar-refractivity contribution in [2.75, 3.05) is 6.54 Å². The molecule has 0 unspecified atom stereocenters. The quantitative estimate of drug-likeness (QED) is 0.854. The molecular formula is C15H21N3OS2. The molecule has 21 heavy (non-hydrogen) atoms. The molecule has 2 atom stereocenters. The second-order valence-electron chi connectivity index (χ2n) is 5.27. The standard InChI is InChI=1S/C15H21N3OS2/c1-10(14-17-12(3)9-21-14)8-16-15(19)18-11(2)7-13-5-4-6-20-13/h4-6,9-11H,7-8H2,1-3H3,(H2,16,18,19)/t10-,11+/m1/s1. The van der Waals surface area contributed by atoms with Crippen molar-refractivity contribution in [3.63, 3.8) is 0 Å². The molecule has 0 fully saturated rings. The average Bonchev–Trinajstić information content (AvgIpc) is 3.07. The minimum absolute atomic E-state index is 0.112. The van der Waals surface area contributed by atoms with Gasteiger partial charge in [-0.2, -0.15) is 0 Å². The Bertz CT molecular complexity index is 565. The molecule has 0 saturated carbocycles. The number of nitrogens with one attached hydrogen (secondary N) is 2. The number of thiazole rings is 1. The Morgan fingerprint density at radius 2 is 2.19 bits per heavy atom. The third-order valence-electron chi connectivity index (χ3n) is 3.09. The SMILES string of the molecule is Cc1csc([C@H](C)CNC(=O)N[C@@H](C)Cc2cccs2)n1. The molecule has 0 radical (unpaired) electrons. The molecule has 0 aromatic carbocycles. The maximum atomic E-state index is 11.9. The average molecular weight is 323 g/mol. The highest BCUT2D eigenvalue weighted by atomic mass is 32.1. The number of carbonyl (C=O) groups is 1. The first-order chi connectivity index (χ1) is 10.0. The lowest BCUT2D eigenvalue weighted by atomic mass is 10.2. The predicted octanol–water partition coefficient (Wildman–Crippen LogP) is 3.55. The second-order valence-corrected chi connectivity index (χ2v) is 7.19. The van der Waals surface area contributed by atoms with E-state index in [1.807, 2.05) is 25.3 Å². The van der Waals surface area contributed by atoms with E-state index in [1.54, 1.807) is 22.7 Å². The Balaban J connectivity index is 1.71. The number of rotatable bonds is 6. The van der Waals surface area contributed by atoms with Gasteiger partial charge in [-0.05, 0) is 25.3 Å². The number of carbonyl (C=O) groups excluding carboxylic acids is 1. The van der Waals surface area contributed by atoms with E-state index >= 15 is 0 Å². The Labute approximate surface area is 133 Å². The number of nitrogens with zero attached hydrogens (tertiary/aromatic N) is 1. The highest BCUT2D eigenvalue weighted by Crippen LogP contribution is 2.18. The van der Waals surface area contributed by atoms with Crippen LogP contribution in [0.5, 0.6) is 0 Å². The molecule has 6 heteroatoms. The smallest absolute Gasteiger partial charge is 0.315 e. The van der Waals surface area contributed by atoms with Crippen LogP contribution in [0.25, 0.3) is 0 Å². The zero-order valence-corrected chi connectivity index (χ0v) is 14.2. The Morgan fingerprint density at radius 3 is 2.81 bits per heavy atom. The maximum Gasteiger partial charge on any atom is 0.315 e. The minimum Gasteiger partial charge on any atom is -0.337 e. The molecule has 0 aliphatic rings. The molecule has 2 amide bonds. The fraction of sp³-hybridized carbons (Fsp3) is 0.467. The van der Waals surface area contributed by atoms with E-state index in [-0.39, 0.29) is 18.0 Å². The van der Waals surface area contributed by atoms with Gasteiger partial charge in [-0.3, -0.25) is 0 Å². The number of aryl methyl sites for hydroxylation is 1. The molecule has 2 aromatic rings. The van der Waals surface area contributed by atoms with Gasteiger partial charge in [0.15, 0.2) is 0 Å². The molecule has 114 valence electrons. The van der Waals surface area contributed by atoms with Gasteiger partial charge in [0.05, 0.1) is 5.01 Å². The topological polar surface area (TPSA) is 54.0 Å². The van der Waals surface area contributed by atoms with Crippen molar-refractivity contribution in [2.45, 2.75) is 39.2 Å². The van der Waals surface area contributed by atoms with E-state index in [0.717, 1.165) is 17.1 Å². The predicted molar refractivity (Wildman–Crippen MR) is 89.3 cm³/mol. The number of hydrogen-bond donors (Lipinski definition) is 2. The molecule has 4 nitrogen and oxygen atoms in total. The van der Waals surface area contributed by atoms with Crippen LogP contribution in [0.2, 0.25) is 0 Å². The van der Waals surface area contributed by atoms with Crippen LogP contribution in [0, 0.1) is 6.92 Å². The summed E-state index contributed by atoms with van der Waals surface area (Å²) in [5.74, 6) is 0.238. The van der Waals surface area contributed by atoms with Crippen LogP contribution in [0.4, 0.5) is 4.79 Å². The molecule has 0 spiro atoms. The van der Waals surface area contributed by atoms with Gasteiger partial charge in [-0.1, -0.05) is 13.0 Å². The third-order valence-corrected chi connectivity index (χ3v) is 5.18. The van der Waals surface area contributed by atoms with Gasteiger partial charge in [-0.25, -0.2) is 9.78 Å². The summed E-state index contributed by atoms with van der Waals surface area (Å²) in [7, 11) is 0. The zero-order valence-electron chi connectivity index (χ0n) is 12.6. The van der Waals surface area contributed by atoms with Gasteiger partial charge in [0, 0.05) is 40.9 Å². The molecule has 0 saturated heterocycles. The van der Waals surface area contributed by atoms with E-state index in [2.05, 4.69) is 34.0 Å². The number of amides is 2. The molecule has 2 rings (SSSR count). The summed E-state index contributed by atoms with van der Waals surface area (Å²) in [5, 5.41) is 11.1. The number of urea groups is 1. The van der Waals surface area contributed by atoms with Gasteiger partial charge in [0.1, 0.15) is 0 Å². The Morgan fingerprint density at radius 1 is 1.38 bits per heavy atom. The van der Waals surface area contributed by atoms with Crippen LogP contribution in [-0.2, 0) is 6.42 Å². The van der Waals surface area contributed by atoms with Gasteiger partial charge >= 0.3 is 6.03 Å². The summed E-state index contributed by atoms with van der Waals surface area (Å²) in [6.45, 7) is 6.68. The molecule has 0 aliphatic heterocycles. The largest absolute Gasteiger partial charge is 0.337 e. The van der Waals surface area contributed by atoms with Crippen LogP contribution < -0.4 is 10.6 Å². The number of thiophene rings is 1. The van der Waals surface area contributed by atoms with E-state index in [9.17, 15) is 4.79 Å². The van der Waals surface area contributed by atoms with Crippen LogP contribution in [0.3, 0.4) is 0 Å². The van der Waals surface area contributed by atoms with E-state index in [1.165, 1.54) is 4.88 Å². The van der Waals surface area contributed by atoms with Crippen LogP contribution >= 0.6 is 22.7 Å². The highest BCUT2D eigenvalue weighted by Gasteiger charge is 2.12. The van der Waals surface area contributed by atoms with Crippen LogP contribution in [0.15, 0.2) is 22.9 Å². The molecule has 2 heterocycles. The van der Waals surface area contributed by atoms with E-state index in [0.29, 0.717) is 6.54 Å². The number of aromatic nitrogens is 1. The lowest BCUT2D eigenvalue weighted by Crippen LogP contribution is -2.42. The Hall–Kier alpha value is -1.40. The summed E-state index contributed by atoms with van der Waals surface area (Å²) in [6.07, 6.45) is 0.867. The molecule has 0 aliphatic carbocycles. The first-order valence-electron chi connectivity index (χ1n) is 7.03. The number of hydrogen-bond acceptors (Lipinski definition) is 4. The zero-order chi connectivity index (χ0) is 15.2. The van der Waals surface area contributed by atoms with E-state index < -0.39 is 0 Å². The lowest BCUT2D eigenvalue weighted by Gasteiger charge is -2.15. The molecule has 0 bridgehead atoms. The highest BCUT2D eigenvalue weighted by molar-refractivity contribution is 7.10. The lowest BCUT2D eigenvalue weighted by molar-refractivity contribution is 0.237. The molecular weight excluding hydrogens is 302 g/mol. The minimum atomic E-state index is -0.112. The maximum absolute atomic E-state index is 11.9. The summed E-state index contributed by atoms with van der Waals surface area (Å²) in [6, 6.07) is 4.14. The van der Waals surface area contributed by atoms with Gasteiger partial charge in [0.2, 0.25) is 0 Å². The van der Waals surface area contributed by atoms with Crippen LogP contribution in [0.1, 0.15) is 35.3 Å². The van der Waals surface area contributed by atoms with Gasteiger partial charge in [0.25, 0.3) is 0 Å². The van der Waals surface area contributed by atoms with Crippen molar-refractivity contribution < 1.29 is 4.79 Å². The van der Waals surface area contributed by atoms with Crippen molar-refractivity contribution in [1.29, 1.82) is 0 Å². The molecule has 2 aromatic heterocycles. The fourth-order valence-electron chi connectivity index (χ4n) is 1.99. The van der Waals surface area contributed by atoms with Crippen molar-refractivity contribution in [1.82, 2.24) is 15.6 Å². The second kappa shape index (κ2) is 7.56. The third kappa shape index (κ3) is 5.13. The molecule has 2 N–H and O–H groups in total. The van der Waals surface area contributed by atoms with Crippen molar-refractivity contribution in [3.8, 4) is 0 Å². The van der Waals surface area contributed by atoms with Crippen molar-refractivity contribution >= 4 is 28.7 Å². The first-order valence-corrected chi connectivity index (χ1v) is 8.79.